The van der Waals surface area contributed by atoms with E-state index in [1.807, 2.05) is 30.8 Å². The molecule has 1 aromatic carbocycles. The third-order valence-electron chi connectivity index (χ3n) is 3.08. The maximum Gasteiger partial charge on any atom is 0.245 e. The lowest BCUT2D eigenvalue weighted by molar-refractivity contribution is 0.424. The average Bonchev–Trinajstić information content (AvgIpc) is 2.39. The van der Waals surface area contributed by atoms with Crippen LogP contribution in [0.3, 0.4) is 0 Å². The molecule has 106 valence electrons. The molecule has 6 heteroatoms. The van der Waals surface area contributed by atoms with Crippen molar-refractivity contribution in [3.8, 4) is 0 Å². The summed E-state index contributed by atoms with van der Waals surface area (Å²) in [4.78, 5) is 0.385. The maximum absolute atomic E-state index is 12.7. The number of para-hydroxylation sites is 1. The fraction of sp³-hybridized carbons (Fsp3) is 0.538. The molecule has 0 bridgehead atoms. The van der Waals surface area contributed by atoms with Crippen molar-refractivity contribution in [2.24, 2.45) is 0 Å². The third kappa shape index (κ3) is 3.24. The van der Waals surface area contributed by atoms with Crippen molar-refractivity contribution < 1.29 is 8.42 Å². The average molecular weight is 300 g/mol. The second kappa shape index (κ2) is 6.15. The number of hydrogen-bond acceptors (Lipinski definition) is 4. The number of rotatable bonds is 4. The van der Waals surface area contributed by atoms with Gasteiger partial charge in [-0.05, 0) is 19.1 Å². The van der Waals surface area contributed by atoms with Gasteiger partial charge in [-0.25, -0.2) is 8.42 Å². The molecule has 1 atom stereocenters. The molecular formula is C13H20N2O2S2. The summed E-state index contributed by atoms with van der Waals surface area (Å²) in [5.74, 6) is 0.865. The summed E-state index contributed by atoms with van der Waals surface area (Å²) in [6.07, 6.45) is 0. The van der Waals surface area contributed by atoms with Gasteiger partial charge < -0.3 is 5.32 Å². The minimum Gasteiger partial charge on any atom is -0.384 e. The number of nitrogens with one attached hydrogen (secondary N) is 1. The van der Waals surface area contributed by atoms with E-state index in [0.717, 1.165) is 5.75 Å². The highest BCUT2D eigenvalue weighted by atomic mass is 32.2. The predicted molar refractivity (Wildman–Crippen MR) is 81.3 cm³/mol. The molecule has 0 radical (unpaired) electrons. The molecule has 2 rings (SSSR count). The second-order valence-corrected chi connectivity index (χ2v) is 8.02. The van der Waals surface area contributed by atoms with Crippen molar-refractivity contribution in [3.63, 3.8) is 0 Å². The number of anilines is 1. The topological polar surface area (TPSA) is 49.4 Å². The SMILES string of the molecule is CCNc1ccccc1S(=O)(=O)N1CCSC(C)C1. The van der Waals surface area contributed by atoms with E-state index in [9.17, 15) is 8.42 Å². The van der Waals surface area contributed by atoms with E-state index in [4.69, 9.17) is 0 Å². The molecular weight excluding hydrogens is 280 g/mol. The quantitative estimate of drug-likeness (QED) is 0.926. The Hall–Kier alpha value is -0.720. The zero-order valence-electron chi connectivity index (χ0n) is 11.3. The highest BCUT2D eigenvalue weighted by Gasteiger charge is 2.30. The Morgan fingerprint density at radius 1 is 1.42 bits per heavy atom. The Balaban J connectivity index is 2.33. The number of hydrogen-bond donors (Lipinski definition) is 1. The van der Waals surface area contributed by atoms with Crippen molar-refractivity contribution in [2.45, 2.75) is 24.0 Å². The second-order valence-electron chi connectivity index (χ2n) is 4.57. The molecule has 1 heterocycles. The van der Waals surface area contributed by atoms with Crippen LogP contribution in [0.2, 0.25) is 0 Å². The van der Waals surface area contributed by atoms with Crippen LogP contribution in [0.25, 0.3) is 0 Å². The van der Waals surface area contributed by atoms with Crippen molar-refractivity contribution in [2.75, 3.05) is 30.7 Å². The lowest BCUT2D eigenvalue weighted by Crippen LogP contribution is -2.41. The molecule has 1 aliphatic rings. The molecule has 1 N–H and O–H groups in total. The van der Waals surface area contributed by atoms with Crippen molar-refractivity contribution in [1.82, 2.24) is 4.31 Å². The van der Waals surface area contributed by atoms with E-state index >= 15 is 0 Å². The molecule has 0 spiro atoms. The minimum atomic E-state index is -3.39. The van der Waals surface area contributed by atoms with Crippen LogP contribution in [-0.4, -0.2) is 43.4 Å². The van der Waals surface area contributed by atoms with E-state index < -0.39 is 10.0 Å². The van der Waals surface area contributed by atoms with Gasteiger partial charge in [-0.2, -0.15) is 16.1 Å². The summed E-state index contributed by atoms with van der Waals surface area (Å²) in [5, 5.41) is 3.48. The van der Waals surface area contributed by atoms with Gasteiger partial charge in [0.15, 0.2) is 0 Å². The first kappa shape index (κ1) is 14.7. The highest BCUT2D eigenvalue weighted by Crippen LogP contribution is 2.28. The molecule has 4 nitrogen and oxygen atoms in total. The van der Waals surface area contributed by atoms with E-state index in [1.165, 1.54) is 0 Å². The molecule has 1 aromatic rings. The van der Waals surface area contributed by atoms with E-state index in [2.05, 4.69) is 12.2 Å². The van der Waals surface area contributed by atoms with Gasteiger partial charge in [-0.1, -0.05) is 19.1 Å². The lowest BCUT2D eigenvalue weighted by atomic mass is 10.3. The van der Waals surface area contributed by atoms with E-state index in [0.29, 0.717) is 35.5 Å². The normalized spacial score (nSPS) is 21.3. The fourth-order valence-corrected chi connectivity index (χ4v) is 5.09. The largest absolute Gasteiger partial charge is 0.384 e. The van der Waals surface area contributed by atoms with Gasteiger partial charge in [0.05, 0.1) is 5.69 Å². The Morgan fingerprint density at radius 2 is 2.16 bits per heavy atom. The van der Waals surface area contributed by atoms with Crippen LogP contribution in [0.1, 0.15) is 13.8 Å². The lowest BCUT2D eigenvalue weighted by Gasteiger charge is -2.30. The molecule has 0 amide bonds. The summed E-state index contributed by atoms with van der Waals surface area (Å²) >= 11 is 1.83. The summed E-state index contributed by atoms with van der Waals surface area (Å²) in [6.45, 7) is 5.93. The third-order valence-corrected chi connectivity index (χ3v) is 6.14. The van der Waals surface area contributed by atoms with Gasteiger partial charge in [0.1, 0.15) is 4.90 Å². The Kier molecular flexibility index (Phi) is 4.76. The van der Waals surface area contributed by atoms with Crippen molar-refractivity contribution in [3.05, 3.63) is 24.3 Å². The van der Waals surface area contributed by atoms with Gasteiger partial charge in [0, 0.05) is 30.6 Å². The molecule has 19 heavy (non-hydrogen) atoms. The highest BCUT2D eigenvalue weighted by molar-refractivity contribution is 8.00. The summed E-state index contributed by atoms with van der Waals surface area (Å²) < 4.78 is 27.0. The molecule has 0 saturated carbocycles. The Morgan fingerprint density at radius 3 is 2.84 bits per heavy atom. The minimum absolute atomic E-state index is 0.356. The van der Waals surface area contributed by atoms with Gasteiger partial charge in [0.25, 0.3) is 0 Å². The van der Waals surface area contributed by atoms with Gasteiger partial charge >= 0.3 is 0 Å². The first-order valence-electron chi connectivity index (χ1n) is 6.50. The van der Waals surface area contributed by atoms with E-state index in [-0.39, 0.29) is 0 Å². The van der Waals surface area contributed by atoms with Crippen molar-refractivity contribution in [1.29, 1.82) is 0 Å². The van der Waals surface area contributed by atoms with Crippen LogP contribution in [0.4, 0.5) is 5.69 Å². The molecule has 1 unspecified atom stereocenters. The zero-order chi connectivity index (χ0) is 13.9. The van der Waals surface area contributed by atoms with Crippen LogP contribution in [0.5, 0.6) is 0 Å². The number of thioether (sulfide) groups is 1. The summed E-state index contributed by atoms with van der Waals surface area (Å²) in [5.41, 5.74) is 0.691. The van der Waals surface area contributed by atoms with Crippen LogP contribution in [0, 0.1) is 0 Å². The van der Waals surface area contributed by atoms with E-state index in [1.54, 1.807) is 16.4 Å². The van der Waals surface area contributed by atoms with Gasteiger partial charge in [-0.3, -0.25) is 0 Å². The van der Waals surface area contributed by atoms with Crippen LogP contribution in [0.15, 0.2) is 29.2 Å². The van der Waals surface area contributed by atoms with Crippen LogP contribution >= 0.6 is 11.8 Å². The Labute approximate surface area is 119 Å². The number of sulfonamides is 1. The zero-order valence-corrected chi connectivity index (χ0v) is 12.9. The Bertz CT molecular complexity index is 531. The molecule has 0 aliphatic carbocycles. The fourth-order valence-electron chi connectivity index (χ4n) is 2.17. The maximum atomic E-state index is 12.7. The smallest absolute Gasteiger partial charge is 0.245 e. The number of nitrogens with zero attached hydrogens (tertiary/aromatic N) is 1. The standard InChI is InChI=1S/C13H20N2O2S2/c1-3-14-12-6-4-5-7-13(12)19(16,17)15-8-9-18-11(2)10-15/h4-7,11,14H,3,8-10H2,1-2H3. The molecule has 0 aromatic heterocycles. The first-order chi connectivity index (χ1) is 9.05. The van der Waals surface area contributed by atoms with Crippen LogP contribution < -0.4 is 5.32 Å². The number of benzene rings is 1. The molecule has 1 aliphatic heterocycles. The monoisotopic (exact) mass is 300 g/mol. The van der Waals surface area contributed by atoms with Gasteiger partial charge in [-0.15, -0.1) is 0 Å². The van der Waals surface area contributed by atoms with Crippen molar-refractivity contribution >= 4 is 27.5 Å². The first-order valence-corrected chi connectivity index (χ1v) is 8.99. The summed E-state index contributed by atoms with van der Waals surface area (Å²) in [7, 11) is -3.39. The summed E-state index contributed by atoms with van der Waals surface area (Å²) in [6, 6.07) is 7.12. The van der Waals surface area contributed by atoms with Crippen LogP contribution in [-0.2, 0) is 10.0 Å². The molecule has 1 saturated heterocycles. The van der Waals surface area contributed by atoms with Gasteiger partial charge in [0.2, 0.25) is 10.0 Å². The predicted octanol–water partition coefficient (Wildman–Crippen LogP) is 2.24. The molecule has 1 fully saturated rings.